The lowest BCUT2D eigenvalue weighted by molar-refractivity contribution is 0.138. The van der Waals surface area contributed by atoms with Crippen LogP contribution >= 0.6 is 0 Å². The van der Waals surface area contributed by atoms with Gasteiger partial charge in [0.2, 0.25) is 0 Å². The second-order valence-corrected chi connectivity index (χ2v) is 7.16. The van der Waals surface area contributed by atoms with Crippen LogP contribution in [0.1, 0.15) is 11.1 Å². The van der Waals surface area contributed by atoms with E-state index in [1.54, 1.807) is 18.2 Å². The molecular weight excluding hydrogens is 340 g/mol. The van der Waals surface area contributed by atoms with Crippen LogP contribution in [-0.2, 0) is 25.6 Å². The standard InChI is InChI=1S/C19H22O5S/c1-16-9-11-19(12-10-16)25(21,22)24-15-18(20)8-5-13-23-14-17-6-3-2-4-7-17/h2-12,18,20H,13-15H2,1H3/b8-5-. The van der Waals surface area contributed by atoms with Crippen molar-refractivity contribution in [3.05, 3.63) is 77.9 Å². The molecule has 0 heterocycles. The maximum atomic E-state index is 12.0. The van der Waals surface area contributed by atoms with E-state index in [4.69, 9.17) is 8.92 Å². The Hall–Kier alpha value is -1.99. The van der Waals surface area contributed by atoms with Gasteiger partial charge in [0.1, 0.15) is 0 Å². The molecule has 134 valence electrons. The summed E-state index contributed by atoms with van der Waals surface area (Å²) >= 11 is 0. The van der Waals surface area contributed by atoms with Crippen LogP contribution in [-0.4, -0.2) is 32.8 Å². The van der Waals surface area contributed by atoms with Gasteiger partial charge in [0.15, 0.2) is 0 Å². The Kier molecular flexibility index (Phi) is 7.33. The van der Waals surface area contributed by atoms with Gasteiger partial charge in [-0.15, -0.1) is 0 Å². The summed E-state index contributed by atoms with van der Waals surface area (Å²) in [5.74, 6) is 0. The first-order valence-corrected chi connectivity index (χ1v) is 9.31. The van der Waals surface area contributed by atoms with Gasteiger partial charge >= 0.3 is 0 Å². The number of ether oxygens (including phenoxy) is 1. The van der Waals surface area contributed by atoms with Gasteiger partial charge in [0.05, 0.1) is 30.8 Å². The first-order valence-electron chi connectivity index (χ1n) is 7.90. The molecule has 0 radical (unpaired) electrons. The van der Waals surface area contributed by atoms with Crippen LogP contribution in [0.3, 0.4) is 0 Å². The molecule has 1 N–H and O–H groups in total. The SMILES string of the molecule is Cc1ccc(S(=O)(=O)OCC(O)/C=C\COCc2ccccc2)cc1. The lowest BCUT2D eigenvalue weighted by Crippen LogP contribution is -2.17. The van der Waals surface area contributed by atoms with Crippen molar-refractivity contribution in [1.29, 1.82) is 0 Å². The van der Waals surface area contributed by atoms with E-state index >= 15 is 0 Å². The topological polar surface area (TPSA) is 72.8 Å². The number of hydrogen-bond acceptors (Lipinski definition) is 5. The molecule has 0 saturated carbocycles. The van der Waals surface area contributed by atoms with Gasteiger partial charge in [-0.2, -0.15) is 8.42 Å². The van der Waals surface area contributed by atoms with Crippen LogP contribution in [0.15, 0.2) is 71.6 Å². The fourth-order valence-corrected chi connectivity index (χ4v) is 2.94. The van der Waals surface area contributed by atoms with Crippen molar-refractivity contribution in [3.63, 3.8) is 0 Å². The molecule has 2 aromatic rings. The first-order chi connectivity index (χ1) is 12.0. The van der Waals surface area contributed by atoms with Crippen LogP contribution in [0.25, 0.3) is 0 Å². The molecule has 0 aromatic heterocycles. The van der Waals surface area contributed by atoms with E-state index in [9.17, 15) is 13.5 Å². The molecule has 1 unspecified atom stereocenters. The van der Waals surface area contributed by atoms with E-state index in [-0.39, 0.29) is 11.5 Å². The molecule has 0 aliphatic rings. The molecule has 0 amide bonds. The highest BCUT2D eigenvalue weighted by Crippen LogP contribution is 2.13. The van der Waals surface area contributed by atoms with Gasteiger partial charge in [0.25, 0.3) is 10.1 Å². The number of aliphatic hydroxyl groups is 1. The van der Waals surface area contributed by atoms with Crippen molar-refractivity contribution >= 4 is 10.1 Å². The Morgan fingerprint density at radius 2 is 1.76 bits per heavy atom. The zero-order valence-electron chi connectivity index (χ0n) is 14.0. The molecule has 2 rings (SSSR count). The van der Waals surface area contributed by atoms with E-state index in [1.165, 1.54) is 18.2 Å². The summed E-state index contributed by atoms with van der Waals surface area (Å²) in [5, 5.41) is 9.79. The average molecular weight is 362 g/mol. The zero-order valence-corrected chi connectivity index (χ0v) is 14.9. The second kappa shape index (κ2) is 9.48. The summed E-state index contributed by atoms with van der Waals surface area (Å²) in [6, 6.07) is 16.1. The summed E-state index contributed by atoms with van der Waals surface area (Å²) in [7, 11) is -3.87. The van der Waals surface area contributed by atoms with Gasteiger partial charge < -0.3 is 9.84 Å². The van der Waals surface area contributed by atoms with Crippen molar-refractivity contribution in [1.82, 2.24) is 0 Å². The molecule has 2 aromatic carbocycles. The quantitative estimate of drug-likeness (QED) is 0.422. The van der Waals surface area contributed by atoms with Crippen LogP contribution < -0.4 is 0 Å². The van der Waals surface area contributed by atoms with Crippen molar-refractivity contribution in [2.45, 2.75) is 24.5 Å². The van der Waals surface area contributed by atoms with Crippen molar-refractivity contribution in [2.24, 2.45) is 0 Å². The minimum absolute atomic E-state index is 0.0699. The monoisotopic (exact) mass is 362 g/mol. The van der Waals surface area contributed by atoms with Crippen LogP contribution in [0.5, 0.6) is 0 Å². The van der Waals surface area contributed by atoms with Crippen molar-refractivity contribution < 1.29 is 22.4 Å². The third kappa shape index (κ3) is 6.80. The smallest absolute Gasteiger partial charge is 0.297 e. The molecule has 0 spiro atoms. The lowest BCUT2D eigenvalue weighted by Gasteiger charge is -2.08. The summed E-state index contributed by atoms with van der Waals surface area (Å²) in [5.41, 5.74) is 2.02. The van der Waals surface area contributed by atoms with E-state index in [0.29, 0.717) is 13.2 Å². The fourth-order valence-electron chi connectivity index (χ4n) is 2.02. The van der Waals surface area contributed by atoms with Gasteiger partial charge in [-0.05, 0) is 24.6 Å². The van der Waals surface area contributed by atoms with Gasteiger partial charge in [-0.1, -0.05) is 60.2 Å². The van der Waals surface area contributed by atoms with E-state index < -0.39 is 16.2 Å². The molecule has 0 saturated heterocycles. The first kappa shape index (κ1) is 19.3. The average Bonchev–Trinajstić information content (AvgIpc) is 2.61. The molecule has 0 fully saturated rings. The number of aliphatic hydroxyl groups excluding tert-OH is 1. The Labute approximate surface area is 148 Å². The molecule has 0 aliphatic carbocycles. The predicted molar refractivity (Wildman–Crippen MR) is 95.6 cm³/mol. The summed E-state index contributed by atoms with van der Waals surface area (Å²) in [6.45, 7) is 2.31. The summed E-state index contributed by atoms with van der Waals surface area (Å²) in [4.78, 5) is 0.0699. The molecule has 5 nitrogen and oxygen atoms in total. The third-order valence-corrected chi connectivity index (χ3v) is 4.68. The summed E-state index contributed by atoms with van der Waals surface area (Å²) in [6.07, 6.45) is 2.06. The van der Waals surface area contributed by atoms with E-state index in [0.717, 1.165) is 11.1 Å². The summed E-state index contributed by atoms with van der Waals surface area (Å²) < 4.78 is 34.3. The molecular formula is C19H22O5S. The minimum atomic E-state index is -3.87. The van der Waals surface area contributed by atoms with Gasteiger partial charge in [-0.25, -0.2) is 0 Å². The highest BCUT2D eigenvalue weighted by Gasteiger charge is 2.16. The maximum absolute atomic E-state index is 12.0. The molecule has 25 heavy (non-hydrogen) atoms. The van der Waals surface area contributed by atoms with Crippen molar-refractivity contribution in [2.75, 3.05) is 13.2 Å². The fraction of sp³-hybridized carbons (Fsp3) is 0.263. The van der Waals surface area contributed by atoms with Gasteiger partial charge in [-0.3, -0.25) is 4.18 Å². The van der Waals surface area contributed by atoms with E-state index in [1.807, 2.05) is 37.3 Å². The Bertz CT molecular complexity index is 767. The predicted octanol–water partition coefficient (Wildman–Crippen LogP) is 2.83. The molecule has 0 aliphatic heterocycles. The number of rotatable bonds is 9. The van der Waals surface area contributed by atoms with Crippen LogP contribution in [0.2, 0.25) is 0 Å². The number of aryl methyl sites for hydroxylation is 1. The maximum Gasteiger partial charge on any atom is 0.297 e. The normalized spacial score (nSPS) is 13.2. The minimum Gasteiger partial charge on any atom is -0.387 e. The van der Waals surface area contributed by atoms with Crippen LogP contribution in [0, 0.1) is 6.92 Å². The zero-order chi connectivity index (χ0) is 18.1. The van der Waals surface area contributed by atoms with Crippen LogP contribution in [0.4, 0.5) is 0 Å². The van der Waals surface area contributed by atoms with Crippen molar-refractivity contribution in [3.8, 4) is 0 Å². The Morgan fingerprint density at radius 1 is 1.08 bits per heavy atom. The van der Waals surface area contributed by atoms with E-state index in [2.05, 4.69) is 0 Å². The molecule has 6 heteroatoms. The number of hydrogen-bond donors (Lipinski definition) is 1. The largest absolute Gasteiger partial charge is 0.387 e. The third-order valence-electron chi connectivity index (χ3n) is 3.39. The highest BCUT2D eigenvalue weighted by atomic mass is 32.2. The Balaban J connectivity index is 1.72. The molecule has 1 atom stereocenters. The Morgan fingerprint density at radius 3 is 2.44 bits per heavy atom. The van der Waals surface area contributed by atoms with Gasteiger partial charge in [0, 0.05) is 0 Å². The second-order valence-electron chi connectivity index (χ2n) is 5.55. The highest BCUT2D eigenvalue weighted by molar-refractivity contribution is 7.86. The lowest BCUT2D eigenvalue weighted by atomic mass is 10.2. The molecule has 0 bridgehead atoms. The number of benzene rings is 2.